The molecule has 136 valence electrons. The number of anilines is 1. The zero-order valence-electron chi connectivity index (χ0n) is 14.8. The summed E-state index contributed by atoms with van der Waals surface area (Å²) in [6.07, 6.45) is 6.53. The Morgan fingerprint density at radius 3 is 2.40 bits per heavy atom. The Kier molecular flexibility index (Phi) is 5.73. The van der Waals surface area contributed by atoms with Gasteiger partial charge in [-0.15, -0.1) is 0 Å². The molecule has 0 unspecified atom stereocenters. The van der Waals surface area contributed by atoms with E-state index >= 15 is 0 Å². The first-order valence-electron chi connectivity index (χ1n) is 9.10. The van der Waals surface area contributed by atoms with Crippen LogP contribution >= 0.6 is 0 Å². The second-order valence-corrected chi connectivity index (χ2v) is 6.46. The van der Waals surface area contributed by atoms with Crippen LogP contribution in [0, 0.1) is 0 Å². The van der Waals surface area contributed by atoms with Crippen LogP contribution in [0.2, 0.25) is 0 Å². The number of nitrogens with zero attached hydrogens (tertiary/aromatic N) is 4. The number of rotatable bonds is 3. The highest BCUT2D eigenvalue weighted by Crippen LogP contribution is 2.19. The van der Waals surface area contributed by atoms with E-state index in [1.165, 1.54) is 6.42 Å². The van der Waals surface area contributed by atoms with Crippen molar-refractivity contribution in [2.75, 3.05) is 50.8 Å². The molecule has 0 spiro atoms. The van der Waals surface area contributed by atoms with Gasteiger partial charge in [0.25, 0.3) is 5.91 Å². The van der Waals surface area contributed by atoms with Crippen molar-refractivity contribution >= 4 is 17.7 Å². The first kappa shape index (κ1) is 17.5. The Balaban J connectivity index is 1.62. The summed E-state index contributed by atoms with van der Waals surface area (Å²) in [5, 5.41) is 0. The van der Waals surface area contributed by atoms with Gasteiger partial charge in [-0.3, -0.25) is 9.78 Å². The minimum absolute atomic E-state index is 0.0687. The van der Waals surface area contributed by atoms with Crippen LogP contribution in [0.4, 0.5) is 10.5 Å². The zero-order chi connectivity index (χ0) is 17.6. The lowest BCUT2D eigenvalue weighted by Crippen LogP contribution is -2.49. The molecular weight excluding hydrogens is 320 g/mol. The van der Waals surface area contributed by atoms with Crippen molar-refractivity contribution in [2.45, 2.75) is 26.2 Å². The van der Waals surface area contributed by atoms with Crippen LogP contribution in [-0.2, 0) is 4.74 Å². The van der Waals surface area contributed by atoms with Crippen molar-refractivity contribution in [3.63, 3.8) is 0 Å². The number of aromatic nitrogens is 1. The molecule has 0 atom stereocenters. The number of amides is 2. The van der Waals surface area contributed by atoms with E-state index in [2.05, 4.69) is 9.88 Å². The molecule has 7 nitrogen and oxygen atoms in total. The quantitative estimate of drug-likeness (QED) is 0.837. The van der Waals surface area contributed by atoms with Gasteiger partial charge in [0.1, 0.15) is 0 Å². The number of pyridine rings is 1. The molecule has 2 fully saturated rings. The number of hydrogen-bond donors (Lipinski definition) is 0. The monoisotopic (exact) mass is 346 g/mol. The van der Waals surface area contributed by atoms with Gasteiger partial charge in [0.2, 0.25) is 0 Å². The molecular formula is C18H26N4O3. The Hall–Kier alpha value is -2.31. The van der Waals surface area contributed by atoms with E-state index in [1.54, 1.807) is 17.3 Å². The Bertz CT molecular complexity index is 608. The summed E-state index contributed by atoms with van der Waals surface area (Å²) in [6.45, 7) is 6.52. The van der Waals surface area contributed by atoms with Crippen LogP contribution in [0.1, 0.15) is 36.5 Å². The molecule has 3 rings (SSSR count). The molecule has 3 heterocycles. The summed E-state index contributed by atoms with van der Waals surface area (Å²) >= 11 is 0. The van der Waals surface area contributed by atoms with Crippen LogP contribution < -0.4 is 4.90 Å². The summed E-state index contributed by atoms with van der Waals surface area (Å²) in [6, 6.07) is 1.92. The molecule has 0 aromatic carbocycles. The van der Waals surface area contributed by atoms with Crippen LogP contribution in [0.15, 0.2) is 18.5 Å². The maximum atomic E-state index is 12.6. The van der Waals surface area contributed by atoms with E-state index in [0.29, 0.717) is 38.3 Å². The van der Waals surface area contributed by atoms with Gasteiger partial charge in [-0.05, 0) is 32.3 Å². The van der Waals surface area contributed by atoms with Crippen LogP contribution in [-0.4, -0.2) is 72.7 Å². The molecule has 7 heteroatoms. The highest BCUT2D eigenvalue weighted by molar-refractivity contribution is 5.94. The summed E-state index contributed by atoms with van der Waals surface area (Å²) in [5.74, 6) is 0.0687. The maximum Gasteiger partial charge on any atom is 0.409 e. The average molecular weight is 346 g/mol. The Morgan fingerprint density at radius 1 is 1.00 bits per heavy atom. The number of carbonyl (C=O) groups is 2. The van der Waals surface area contributed by atoms with Gasteiger partial charge in [-0.1, -0.05) is 0 Å². The standard InChI is InChI=1S/C18H26N4O3/c1-2-25-18(24)22-10-8-20(9-11-22)16-12-15(13-19-14-16)17(23)21-6-4-3-5-7-21/h12-14H,2-11H2,1H3. The molecule has 0 aliphatic carbocycles. The van der Waals surface area contributed by atoms with E-state index in [1.807, 2.05) is 17.9 Å². The molecule has 0 bridgehead atoms. The first-order chi connectivity index (χ1) is 12.2. The fraction of sp³-hybridized carbons (Fsp3) is 0.611. The van der Waals surface area contributed by atoms with Crippen molar-refractivity contribution in [3.05, 3.63) is 24.0 Å². The molecule has 2 aliphatic rings. The SMILES string of the molecule is CCOC(=O)N1CCN(c2cncc(C(=O)N3CCCCC3)c2)CC1. The van der Waals surface area contributed by atoms with Crippen molar-refractivity contribution < 1.29 is 14.3 Å². The number of carbonyl (C=O) groups excluding carboxylic acids is 2. The lowest BCUT2D eigenvalue weighted by atomic mass is 10.1. The van der Waals surface area contributed by atoms with E-state index < -0.39 is 0 Å². The van der Waals surface area contributed by atoms with Crippen molar-refractivity contribution in [1.29, 1.82) is 0 Å². The number of ether oxygens (including phenoxy) is 1. The summed E-state index contributed by atoms with van der Waals surface area (Å²) in [7, 11) is 0. The van der Waals surface area contributed by atoms with Gasteiger partial charge < -0.3 is 19.4 Å². The fourth-order valence-electron chi connectivity index (χ4n) is 3.36. The predicted molar refractivity (Wildman–Crippen MR) is 94.8 cm³/mol. The van der Waals surface area contributed by atoms with E-state index in [4.69, 9.17) is 4.74 Å². The molecule has 1 aromatic rings. The second kappa shape index (κ2) is 8.18. The molecule has 0 N–H and O–H groups in total. The van der Waals surface area contributed by atoms with E-state index in [-0.39, 0.29) is 12.0 Å². The molecule has 0 saturated carbocycles. The molecule has 0 radical (unpaired) electrons. The number of hydrogen-bond acceptors (Lipinski definition) is 5. The summed E-state index contributed by atoms with van der Waals surface area (Å²) in [4.78, 5) is 34.5. The Morgan fingerprint density at radius 2 is 1.72 bits per heavy atom. The minimum atomic E-state index is -0.255. The van der Waals surface area contributed by atoms with Crippen molar-refractivity contribution in [1.82, 2.24) is 14.8 Å². The van der Waals surface area contributed by atoms with Gasteiger partial charge in [-0.25, -0.2) is 4.79 Å². The van der Waals surface area contributed by atoms with E-state index in [9.17, 15) is 9.59 Å². The lowest BCUT2D eigenvalue weighted by Gasteiger charge is -2.35. The highest BCUT2D eigenvalue weighted by Gasteiger charge is 2.24. The first-order valence-corrected chi connectivity index (χ1v) is 9.10. The van der Waals surface area contributed by atoms with Crippen LogP contribution in [0.5, 0.6) is 0 Å². The van der Waals surface area contributed by atoms with E-state index in [0.717, 1.165) is 31.6 Å². The van der Waals surface area contributed by atoms with Gasteiger partial charge in [-0.2, -0.15) is 0 Å². The van der Waals surface area contributed by atoms with Gasteiger partial charge in [0, 0.05) is 45.5 Å². The summed E-state index contributed by atoms with van der Waals surface area (Å²) in [5.41, 5.74) is 1.58. The fourth-order valence-corrected chi connectivity index (χ4v) is 3.36. The molecule has 1 aromatic heterocycles. The van der Waals surface area contributed by atoms with Crippen LogP contribution in [0.25, 0.3) is 0 Å². The lowest BCUT2D eigenvalue weighted by molar-refractivity contribution is 0.0724. The molecule has 2 saturated heterocycles. The van der Waals surface area contributed by atoms with Gasteiger partial charge >= 0.3 is 6.09 Å². The van der Waals surface area contributed by atoms with Gasteiger partial charge in [0.15, 0.2) is 0 Å². The number of piperazine rings is 1. The summed E-state index contributed by atoms with van der Waals surface area (Å²) < 4.78 is 5.05. The molecule has 2 aliphatic heterocycles. The van der Waals surface area contributed by atoms with Crippen LogP contribution in [0.3, 0.4) is 0 Å². The molecule has 25 heavy (non-hydrogen) atoms. The van der Waals surface area contributed by atoms with Crippen molar-refractivity contribution in [2.24, 2.45) is 0 Å². The maximum absolute atomic E-state index is 12.6. The number of likely N-dealkylation sites (tertiary alicyclic amines) is 1. The van der Waals surface area contributed by atoms with Crippen molar-refractivity contribution in [3.8, 4) is 0 Å². The normalized spacial score (nSPS) is 18.2. The van der Waals surface area contributed by atoms with Gasteiger partial charge in [0.05, 0.1) is 24.1 Å². The topological polar surface area (TPSA) is 66.0 Å². The third-order valence-electron chi connectivity index (χ3n) is 4.78. The minimum Gasteiger partial charge on any atom is -0.450 e. The predicted octanol–water partition coefficient (Wildman–Crippen LogP) is 1.99. The smallest absolute Gasteiger partial charge is 0.409 e. The zero-order valence-corrected chi connectivity index (χ0v) is 14.8. The second-order valence-electron chi connectivity index (χ2n) is 6.46. The largest absolute Gasteiger partial charge is 0.450 e. The third kappa shape index (κ3) is 4.21. The average Bonchev–Trinajstić information content (AvgIpc) is 2.68. The molecule has 2 amide bonds. The highest BCUT2D eigenvalue weighted by atomic mass is 16.6. The third-order valence-corrected chi connectivity index (χ3v) is 4.78. The number of piperidine rings is 1. The Labute approximate surface area is 148 Å².